The Bertz CT molecular complexity index is 1470. The second-order valence-corrected chi connectivity index (χ2v) is 9.34. The Morgan fingerprint density at radius 2 is 1.86 bits per heavy atom. The van der Waals surface area contributed by atoms with Crippen molar-refractivity contribution >= 4 is 44.5 Å². The highest BCUT2D eigenvalue weighted by atomic mass is 79.9. The van der Waals surface area contributed by atoms with Gasteiger partial charge in [-0.25, -0.2) is 9.78 Å². The number of carboxylic acid groups (broad SMARTS) is 1. The summed E-state index contributed by atoms with van der Waals surface area (Å²) in [5, 5.41) is 21.1. The standard InChI is InChI=1S/C28H23BrN2O4/c1-35-24-13-18(12-22(29)27(24)32)11-19-15-31(14-17-7-3-2-4-8-17)16-21-25(28(33)34)20-9-5-6-10-23(20)30-26(19)21/h2-13,32H,14-16H2,1H3,(H,33,34)/b19-11-. The lowest BCUT2D eigenvalue weighted by Gasteiger charge is -2.31. The van der Waals surface area contributed by atoms with Crippen molar-refractivity contribution in [2.24, 2.45) is 0 Å². The maximum Gasteiger partial charge on any atom is 0.336 e. The number of carbonyl (C=O) groups is 1. The topological polar surface area (TPSA) is 82.9 Å². The molecular formula is C28H23BrN2O4. The fourth-order valence-corrected chi connectivity index (χ4v) is 5.07. The molecule has 0 aliphatic carbocycles. The van der Waals surface area contributed by atoms with Crippen molar-refractivity contribution in [1.29, 1.82) is 0 Å². The molecule has 2 N–H and O–H groups in total. The predicted molar refractivity (Wildman–Crippen MR) is 139 cm³/mol. The van der Waals surface area contributed by atoms with Gasteiger partial charge in [-0.1, -0.05) is 48.5 Å². The molecule has 0 saturated carbocycles. The number of carboxylic acids is 1. The normalized spacial score (nSPS) is 14.7. The summed E-state index contributed by atoms with van der Waals surface area (Å²) in [7, 11) is 1.50. The van der Waals surface area contributed by atoms with Crippen molar-refractivity contribution in [3.05, 3.63) is 99.2 Å². The maximum atomic E-state index is 12.5. The van der Waals surface area contributed by atoms with Crippen LogP contribution in [0, 0.1) is 0 Å². The van der Waals surface area contributed by atoms with Gasteiger partial charge in [-0.05, 0) is 56.9 Å². The van der Waals surface area contributed by atoms with E-state index in [1.54, 1.807) is 12.1 Å². The van der Waals surface area contributed by atoms with E-state index in [4.69, 9.17) is 9.72 Å². The van der Waals surface area contributed by atoms with Gasteiger partial charge in [-0.15, -0.1) is 0 Å². The summed E-state index contributed by atoms with van der Waals surface area (Å²) in [5.74, 6) is -0.586. The maximum absolute atomic E-state index is 12.5. The summed E-state index contributed by atoms with van der Waals surface area (Å²) < 4.78 is 5.83. The molecule has 35 heavy (non-hydrogen) atoms. The number of nitrogens with zero attached hydrogens (tertiary/aromatic N) is 2. The number of phenols is 1. The molecule has 0 atom stereocenters. The first-order chi connectivity index (χ1) is 16.9. The molecule has 0 spiro atoms. The van der Waals surface area contributed by atoms with Crippen molar-refractivity contribution in [3.63, 3.8) is 0 Å². The van der Waals surface area contributed by atoms with E-state index in [-0.39, 0.29) is 5.75 Å². The van der Waals surface area contributed by atoms with Crippen molar-refractivity contribution in [2.75, 3.05) is 13.7 Å². The van der Waals surface area contributed by atoms with Gasteiger partial charge in [-0.2, -0.15) is 0 Å². The molecule has 7 heteroatoms. The lowest BCUT2D eigenvalue weighted by molar-refractivity contribution is 0.0696. The summed E-state index contributed by atoms with van der Waals surface area (Å²) in [6.45, 7) is 1.74. The molecule has 0 fully saturated rings. The van der Waals surface area contributed by atoms with Gasteiger partial charge >= 0.3 is 5.97 Å². The number of fused-ring (bicyclic) bond motifs is 2. The van der Waals surface area contributed by atoms with Crippen LogP contribution in [0.25, 0.3) is 22.6 Å². The molecule has 0 unspecified atom stereocenters. The molecule has 1 aliphatic heterocycles. The van der Waals surface area contributed by atoms with Crippen LogP contribution < -0.4 is 4.74 Å². The molecule has 0 amide bonds. The first-order valence-corrected chi connectivity index (χ1v) is 11.9. The van der Waals surface area contributed by atoms with Crippen molar-refractivity contribution in [2.45, 2.75) is 13.1 Å². The zero-order valence-corrected chi connectivity index (χ0v) is 20.6. The lowest BCUT2D eigenvalue weighted by Crippen LogP contribution is -2.31. The zero-order valence-electron chi connectivity index (χ0n) is 19.0. The Morgan fingerprint density at radius 3 is 2.60 bits per heavy atom. The third-order valence-electron chi connectivity index (χ3n) is 6.15. The molecule has 0 radical (unpaired) electrons. The number of aromatic hydroxyl groups is 1. The average Bonchev–Trinajstić information content (AvgIpc) is 2.85. The number of para-hydroxylation sites is 1. The number of pyridine rings is 1. The van der Waals surface area contributed by atoms with Gasteiger partial charge in [-0.3, -0.25) is 4.90 Å². The van der Waals surface area contributed by atoms with Crippen molar-refractivity contribution in [1.82, 2.24) is 9.88 Å². The van der Waals surface area contributed by atoms with Crippen LogP contribution in [0.3, 0.4) is 0 Å². The number of aromatic carboxylic acids is 1. The van der Waals surface area contributed by atoms with Gasteiger partial charge < -0.3 is 14.9 Å². The van der Waals surface area contributed by atoms with Crippen LogP contribution in [0.15, 0.2) is 71.2 Å². The molecule has 0 saturated heterocycles. The molecule has 5 rings (SSSR count). The Labute approximate surface area is 211 Å². The van der Waals surface area contributed by atoms with E-state index in [1.807, 2.05) is 48.5 Å². The summed E-state index contributed by atoms with van der Waals surface area (Å²) in [5.41, 5.74) is 5.18. The van der Waals surface area contributed by atoms with E-state index in [1.165, 1.54) is 7.11 Å². The molecule has 3 aromatic carbocycles. The molecule has 0 bridgehead atoms. The molecule has 4 aromatic rings. The summed E-state index contributed by atoms with van der Waals surface area (Å²) in [4.78, 5) is 19.6. The average molecular weight is 531 g/mol. The molecule has 1 aromatic heterocycles. The number of ether oxygens (including phenoxy) is 1. The van der Waals surface area contributed by atoms with Crippen LogP contribution in [-0.4, -0.2) is 39.7 Å². The third-order valence-corrected chi connectivity index (χ3v) is 6.75. The SMILES string of the molecule is COc1cc(/C=C2/CN(Cc3ccccc3)Cc3c2nc2ccccc2c3C(=O)O)cc(Br)c1O. The summed E-state index contributed by atoms with van der Waals surface area (Å²) >= 11 is 3.39. The second-order valence-electron chi connectivity index (χ2n) is 8.49. The number of aromatic nitrogens is 1. The van der Waals surface area contributed by atoms with Gasteiger partial charge in [0.2, 0.25) is 0 Å². The molecule has 176 valence electrons. The van der Waals surface area contributed by atoms with Crippen LogP contribution >= 0.6 is 15.9 Å². The monoisotopic (exact) mass is 530 g/mol. The third kappa shape index (κ3) is 4.52. The Kier molecular flexibility index (Phi) is 6.28. The second kappa shape index (κ2) is 9.52. The van der Waals surface area contributed by atoms with E-state index >= 15 is 0 Å². The van der Waals surface area contributed by atoms with Crippen LogP contribution in [0.5, 0.6) is 11.5 Å². The largest absolute Gasteiger partial charge is 0.503 e. The smallest absolute Gasteiger partial charge is 0.336 e. The minimum absolute atomic E-state index is 0.0293. The highest BCUT2D eigenvalue weighted by Gasteiger charge is 2.28. The minimum atomic E-state index is -0.963. The van der Waals surface area contributed by atoms with E-state index in [0.717, 1.165) is 16.7 Å². The highest BCUT2D eigenvalue weighted by Crippen LogP contribution is 2.38. The Hall–Kier alpha value is -3.68. The van der Waals surface area contributed by atoms with Crippen LogP contribution in [0.2, 0.25) is 0 Å². The molecule has 1 aliphatic rings. The Balaban J connectivity index is 1.70. The first kappa shape index (κ1) is 23.1. The number of rotatable bonds is 5. The predicted octanol–water partition coefficient (Wildman–Crippen LogP) is 5.97. The van der Waals surface area contributed by atoms with Gasteiger partial charge in [0.25, 0.3) is 0 Å². The van der Waals surface area contributed by atoms with E-state index < -0.39 is 5.97 Å². The van der Waals surface area contributed by atoms with Gasteiger partial charge in [0.15, 0.2) is 11.5 Å². The number of hydrogen-bond acceptors (Lipinski definition) is 5. The Morgan fingerprint density at radius 1 is 1.11 bits per heavy atom. The van der Waals surface area contributed by atoms with Crippen molar-refractivity contribution < 1.29 is 19.7 Å². The van der Waals surface area contributed by atoms with E-state index in [0.29, 0.717) is 57.6 Å². The fourth-order valence-electron chi connectivity index (χ4n) is 4.61. The van der Waals surface area contributed by atoms with Gasteiger partial charge in [0.1, 0.15) is 0 Å². The molecule has 2 heterocycles. The quantitative estimate of drug-likeness (QED) is 0.331. The van der Waals surface area contributed by atoms with E-state index in [9.17, 15) is 15.0 Å². The van der Waals surface area contributed by atoms with Gasteiger partial charge in [0, 0.05) is 30.6 Å². The summed E-state index contributed by atoms with van der Waals surface area (Å²) in [6, 6.07) is 21.0. The fraction of sp³-hybridized carbons (Fsp3) is 0.143. The number of benzene rings is 3. The number of methoxy groups -OCH3 is 1. The number of hydrogen-bond donors (Lipinski definition) is 2. The zero-order chi connectivity index (χ0) is 24.5. The molecular weight excluding hydrogens is 508 g/mol. The van der Waals surface area contributed by atoms with Gasteiger partial charge in [0.05, 0.1) is 28.4 Å². The highest BCUT2D eigenvalue weighted by molar-refractivity contribution is 9.10. The van der Waals surface area contributed by atoms with Crippen LogP contribution in [0.4, 0.5) is 0 Å². The number of halogens is 1. The number of phenolic OH excluding ortho intramolecular Hbond substituents is 1. The first-order valence-electron chi connectivity index (χ1n) is 11.1. The van der Waals surface area contributed by atoms with Crippen LogP contribution in [-0.2, 0) is 13.1 Å². The molecule has 6 nitrogen and oxygen atoms in total. The lowest BCUT2D eigenvalue weighted by atomic mass is 9.91. The van der Waals surface area contributed by atoms with Crippen LogP contribution in [0.1, 0.15) is 32.7 Å². The minimum Gasteiger partial charge on any atom is -0.503 e. The van der Waals surface area contributed by atoms with Crippen molar-refractivity contribution in [3.8, 4) is 11.5 Å². The van der Waals surface area contributed by atoms with E-state index in [2.05, 4.69) is 33.0 Å². The summed E-state index contributed by atoms with van der Waals surface area (Å²) in [6.07, 6.45) is 1.98.